The SMILES string of the molecule is COc1ccc(CN(C(C)=O)C2CC2)cc1OS(=O)(=O)C(C)C. The smallest absolute Gasteiger partial charge is 0.311 e. The first-order valence-electron chi connectivity index (χ1n) is 7.62. The van der Waals surface area contributed by atoms with Crippen LogP contribution in [0.3, 0.4) is 0 Å². The Hall–Kier alpha value is -1.76. The summed E-state index contributed by atoms with van der Waals surface area (Å²) in [5.41, 5.74) is 0.807. The summed E-state index contributed by atoms with van der Waals surface area (Å²) in [6, 6.07) is 5.38. The Bertz CT molecular complexity index is 680. The van der Waals surface area contributed by atoms with Crippen molar-refractivity contribution < 1.29 is 22.1 Å². The first-order chi connectivity index (χ1) is 10.7. The van der Waals surface area contributed by atoms with Crippen LogP contribution in [0.25, 0.3) is 0 Å². The molecule has 1 aliphatic carbocycles. The van der Waals surface area contributed by atoms with Crippen molar-refractivity contribution in [3.63, 3.8) is 0 Å². The summed E-state index contributed by atoms with van der Waals surface area (Å²) in [5.74, 6) is 0.511. The van der Waals surface area contributed by atoms with Gasteiger partial charge in [0.2, 0.25) is 5.91 Å². The fourth-order valence-electron chi connectivity index (χ4n) is 2.19. The topological polar surface area (TPSA) is 72.9 Å². The number of methoxy groups -OCH3 is 1. The Morgan fingerprint density at radius 2 is 1.96 bits per heavy atom. The normalized spacial score (nSPS) is 14.7. The third-order valence-electron chi connectivity index (χ3n) is 3.76. The summed E-state index contributed by atoms with van der Waals surface area (Å²) in [7, 11) is -2.26. The molecule has 0 N–H and O–H groups in total. The number of carbonyl (C=O) groups is 1. The molecule has 0 radical (unpaired) electrons. The molecule has 0 aliphatic heterocycles. The van der Waals surface area contributed by atoms with Gasteiger partial charge in [-0.15, -0.1) is 0 Å². The fourth-order valence-corrected chi connectivity index (χ4v) is 2.76. The van der Waals surface area contributed by atoms with E-state index in [4.69, 9.17) is 8.92 Å². The number of benzene rings is 1. The van der Waals surface area contributed by atoms with Gasteiger partial charge in [0.1, 0.15) is 0 Å². The second-order valence-corrected chi connectivity index (χ2v) is 8.08. The summed E-state index contributed by atoms with van der Waals surface area (Å²) in [5, 5.41) is -0.656. The first kappa shape index (κ1) is 17.6. The van der Waals surface area contributed by atoms with E-state index in [0.29, 0.717) is 18.3 Å². The van der Waals surface area contributed by atoms with Crippen LogP contribution in [-0.4, -0.2) is 37.6 Å². The van der Waals surface area contributed by atoms with Gasteiger partial charge >= 0.3 is 10.1 Å². The molecule has 23 heavy (non-hydrogen) atoms. The quantitative estimate of drug-likeness (QED) is 0.712. The van der Waals surface area contributed by atoms with Crippen molar-refractivity contribution in [2.45, 2.75) is 51.4 Å². The zero-order chi connectivity index (χ0) is 17.2. The number of hydrogen-bond donors (Lipinski definition) is 0. The maximum Gasteiger partial charge on any atom is 0.311 e. The molecule has 0 saturated heterocycles. The molecule has 7 heteroatoms. The predicted octanol–water partition coefficient (Wildman–Crippen LogP) is 2.32. The maximum atomic E-state index is 12.0. The van der Waals surface area contributed by atoms with Crippen LogP contribution in [-0.2, 0) is 21.5 Å². The van der Waals surface area contributed by atoms with Gasteiger partial charge in [-0.3, -0.25) is 4.79 Å². The number of amides is 1. The van der Waals surface area contributed by atoms with E-state index in [1.807, 2.05) is 6.07 Å². The number of hydrogen-bond acceptors (Lipinski definition) is 5. The lowest BCUT2D eigenvalue weighted by Crippen LogP contribution is -2.30. The highest BCUT2D eigenvalue weighted by molar-refractivity contribution is 7.87. The molecule has 1 amide bonds. The zero-order valence-electron chi connectivity index (χ0n) is 13.9. The molecule has 0 aromatic heterocycles. The van der Waals surface area contributed by atoms with E-state index in [9.17, 15) is 13.2 Å². The van der Waals surface area contributed by atoms with Crippen molar-refractivity contribution >= 4 is 16.0 Å². The van der Waals surface area contributed by atoms with E-state index in [0.717, 1.165) is 18.4 Å². The lowest BCUT2D eigenvalue weighted by atomic mass is 10.2. The van der Waals surface area contributed by atoms with Gasteiger partial charge in [-0.05, 0) is 44.4 Å². The number of carbonyl (C=O) groups excluding carboxylic acids is 1. The predicted molar refractivity (Wildman–Crippen MR) is 86.9 cm³/mol. The van der Waals surface area contributed by atoms with Crippen LogP contribution in [0.4, 0.5) is 0 Å². The van der Waals surface area contributed by atoms with Crippen molar-refractivity contribution in [3.8, 4) is 11.5 Å². The zero-order valence-corrected chi connectivity index (χ0v) is 14.7. The Morgan fingerprint density at radius 1 is 1.30 bits per heavy atom. The van der Waals surface area contributed by atoms with Crippen LogP contribution in [0.5, 0.6) is 11.5 Å². The molecule has 0 atom stereocenters. The molecule has 1 fully saturated rings. The van der Waals surface area contributed by atoms with Gasteiger partial charge in [0.15, 0.2) is 11.5 Å². The van der Waals surface area contributed by atoms with Crippen LogP contribution in [0, 0.1) is 0 Å². The van der Waals surface area contributed by atoms with Crippen molar-refractivity contribution in [2.24, 2.45) is 0 Å². The molecular formula is C16H23NO5S. The standard InChI is InChI=1S/C16H23NO5S/c1-11(2)23(19,20)22-16-9-13(5-8-15(16)21-4)10-17(12(3)18)14-6-7-14/h5,8-9,11,14H,6-7,10H2,1-4H3. The molecule has 1 aromatic rings. The third-order valence-corrected chi connectivity index (χ3v) is 5.32. The van der Waals surface area contributed by atoms with Crippen molar-refractivity contribution in [1.29, 1.82) is 0 Å². The third kappa shape index (κ3) is 4.37. The van der Waals surface area contributed by atoms with Crippen molar-refractivity contribution in [1.82, 2.24) is 4.90 Å². The lowest BCUT2D eigenvalue weighted by molar-refractivity contribution is -0.130. The number of nitrogens with zero attached hydrogens (tertiary/aromatic N) is 1. The van der Waals surface area contributed by atoms with Gasteiger partial charge in [0, 0.05) is 19.5 Å². The van der Waals surface area contributed by atoms with Crippen molar-refractivity contribution in [2.75, 3.05) is 7.11 Å². The van der Waals surface area contributed by atoms with Gasteiger partial charge in [-0.2, -0.15) is 8.42 Å². The average Bonchev–Trinajstić information content (AvgIpc) is 3.28. The summed E-state index contributed by atoms with van der Waals surface area (Å²) in [4.78, 5) is 13.5. The summed E-state index contributed by atoms with van der Waals surface area (Å²) in [6.45, 7) is 5.08. The van der Waals surface area contributed by atoms with Crippen LogP contribution in [0.1, 0.15) is 39.2 Å². The van der Waals surface area contributed by atoms with Gasteiger partial charge in [-0.1, -0.05) is 6.07 Å². The Kier molecular flexibility index (Phi) is 5.19. The van der Waals surface area contributed by atoms with Crippen LogP contribution in [0.15, 0.2) is 18.2 Å². The lowest BCUT2D eigenvalue weighted by Gasteiger charge is -2.21. The monoisotopic (exact) mass is 341 g/mol. The van der Waals surface area contributed by atoms with E-state index in [-0.39, 0.29) is 11.7 Å². The van der Waals surface area contributed by atoms with E-state index in [2.05, 4.69) is 0 Å². The second-order valence-electron chi connectivity index (χ2n) is 5.99. The average molecular weight is 341 g/mol. The molecular weight excluding hydrogens is 318 g/mol. The minimum Gasteiger partial charge on any atom is -0.493 e. The molecule has 0 heterocycles. The fraction of sp³-hybridized carbons (Fsp3) is 0.562. The number of rotatable bonds is 7. The summed E-state index contributed by atoms with van der Waals surface area (Å²) < 4.78 is 34.3. The molecule has 0 unspecified atom stereocenters. The summed E-state index contributed by atoms with van der Waals surface area (Å²) >= 11 is 0. The molecule has 6 nitrogen and oxygen atoms in total. The number of ether oxygens (including phenoxy) is 1. The second kappa shape index (κ2) is 6.78. The molecule has 1 aromatic carbocycles. The van der Waals surface area contributed by atoms with Crippen LogP contribution in [0.2, 0.25) is 0 Å². The van der Waals surface area contributed by atoms with Gasteiger partial charge in [-0.25, -0.2) is 0 Å². The highest BCUT2D eigenvalue weighted by Crippen LogP contribution is 2.33. The Balaban J connectivity index is 2.26. The largest absolute Gasteiger partial charge is 0.493 e. The minimum absolute atomic E-state index is 0.0144. The van der Waals surface area contributed by atoms with E-state index in [1.54, 1.807) is 37.8 Å². The van der Waals surface area contributed by atoms with Gasteiger partial charge < -0.3 is 13.8 Å². The molecule has 128 valence electrons. The highest BCUT2D eigenvalue weighted by Gasteiger charge is 2.31. The Morgan fingerprint density at radius 3 is 2.43 bits per heavy atom. The minimum atomic E-state index is -3.71. The van der Waals surface area contributed by atoms with Crippen LogP contribution >= 0.6 is 0 Å². The maximum absolute atomic E-state index is 12.0. The summed E-state index contributed by atoms with van der Waals surface area (Å²) in [6.07, 6.45) is 2.03. The highest BCUT2D eigenvalue weighted by atomic mass is 32.2. The Labute approximate surface area is 137 Å². The molecule has 0 bridgehead atoms. The van der Waals surface area contributed by atoms with Gasteiger partial charge in [0.05, 0.1) is 12.4 Å². The van der Waals surface area contributed by atoms with Crippen LogP contribution < -0.4 is 8.92 Å². The molecule has 1 aliphatic rings. The van der Waals surface area contributed by atoms with Crippen molar-refractivity contribution in [3.05, 3.63) is 23.8 Å². The van der Waals surface area contributed by atoms with E-state index < -0.39 is 15.4 Å². The van der Waals surface area contributed by atoms with E-state index >= 15 is 0 Å². The molecule has 2 rings (SSSR count). The molecule has 1 saturated carbocycles. The first-order valence-corrected chi connectivity index (χ1v) is 9.09. The van der Waals surface area contributed by atoms with Gasteiger partial charge in [0.25, 0.3) is 0 Å². The molecule has 0 spiro atoms. The van der Waals surface area contributed by atoms with E-state index in [1.165, 1.54) is 7.11 Å².